The van der Waals surface area contributed by atoms with Crippen molar-refractivity contribution in [3.8, 4) is 34.5 Å². The molecule has 3 aromatic carbocycles. The van der Waals surface area contributed by atoms with Crippen LogP contribution in [0, 0.1) is 29.6 Å². The van der Waals surface area contributed by atoms with Gasteiger partial charge in [-0.3, -0.25) is 9.53 Å². The third-order valence-electron chi connectivity index (χ3n) is 12.9. The summed E-state index contributed by atoms with van der Waals surface area (Å²) >= 11 is 0. The highest BCUT2D eigenvalue weighted by Gasteiger charge is 2.63. The number of carbonyl (C=O) groups is 1. The van der Waals surface area contributed by atoms with Crippen molar-refractivity contribution in [1.82, 2.24) is 0 Å². The van der Waals surface area contributed by atoms with Gasteiger partial charge in [-0.15, -0.1) is 0 Å². The number of aliphatic hydroxyl groups excluding tert-OH is 1. The summed E-state index contributed by atoms with van der Waals surface area (Å²) in [6.45, 7) is 6.01. The van der Waals surface area contributed by atoms with Gasteiger partial charge in [-0.05, 0) is 73.0 Å². The zero-order valence-electron chi connectivity index (χ0n) is 34.6. The Morgan fingerprint density at radius 3 is 1.77 bits per heavy atom. The van der Waals surface area contributed by atoms with Gasteiger partial charge < -0.3 is 57.2 Å². The van der Waals surface area contributed by atoms with Crippen molar-refractivity contribution < 1.29 is 66.7 Å². The molecule has 320 valence electrons. The van der Waals surface area contributed by atoms with Crippen molar-refractivity contribution in [2.45, 2.75) is 50.2 Å². The molecule has 60 heavy (non-hydrogen) atoms. The molecule has 5 fully saturated rings. The normalized spacial score (nSPS) is 32.6. The van der Waals surface area contributed by atoms with E-state index in [-0.39, 0.29) is 60.3 Å². The summed E-state index contributed by atoms with van der Waals surface area (Å²) in [5, 5.41) is 12.2. The van der Waals surface area contributed by atoms with Gasteiger partial charge in [0.15, 0.2) is 52.8 Å². The highest BCUT2D eigenvalue weighted by Crippen LogP contribution is 2.54. The second kappa shape index (κ2) is 16.6. The number of allylic oxidation sites excluding steroid dienone is 2. The molecule has 1 aliphatic carbocycles. The van der Waals surface area contributed by atoms with Crippen LogP contribution in [0.3, 0.4) is 0 Å². The molecule has 5 heterocycles. The van der Waals surface area contributed by atoms with E-state index in [0.29, 0.717) is 67.5 Å². The molecule has 0 bridgehead atoms. The molecule has 6 aliphatic rings. The summed E-state index contributed by atoms with van der Waals surface area (Å²) in [4.78, 5) is 13.8. The Morgan fingerprint density at radius 2 is 1.18 bits per heavy atom. The lowest BCUT2D eigenvalue weighted by molar-refractivity contribution is -0.220. The molecule has 14 nitrogen and oxygen atoms in total. The molecule has 11 atom stereocenters. The highest BCUT2D eigenvalue weighted by atomic mass is 16.8. The smallest absolute Gasteiger partial charge is 0.299 e. The predicted octanol–water partition coefficient (Wildman–Crippen LogP) is 6.07. The minimum atomic E-state index is -1.83. The number of carbonyl (C=O) groups excluding carboxylic acids is 1. The Bertz CT molecular complexity index is 2150. The zero-order chi connectivity index (χ0) is 41.7. The number of methoxy groups -OCH3 is 4. The van der Waals surface area contributed by atoms with Crippen LogP contribution >= 0.6 is 0 Å². The van der Waals surface area contributed by atoms with Gasteiger partial charge in [0.05, 0.1) is 85.2 Å². The largest absolute Gasteiger partial charge is 0.493 e. The average Bonchev–Trinajstić information content (AvgIpc) is 4.10. The monoisotopic (exact) mass is 828 g/mol. The summed E-state index contributed by atoms with van der Waals surface area (Å²) in [6.07, 6.45) is 0.491. The fraction of sp³-hybridized carbons (Fsp3) is 0.500. The molecule has 14 heteroatoms. The molecule has 0 aromatic heterocycles. The van der Waals surface area contributed by atoms with E-state index in [4.69, 9.17) is 56.8 Å². The molecule has 0 radical (unpaired) electrons. The lowest BCUT2D eigenvalue weighted by Gasteiger charge is -2.41. The molecule has 1 N–H and O–H groups in total. The molecule has 5 aliphatic heterocycles. The SMILES string of the molecule is COc1ccc([C@@H]2OC[C@@H]3[C@H]2CO[C@H]3[C@@H]2C(=O)C=C3OCOC3(Oc3ccc([C@H]4OC[C@@H]5[C@H]4CO[C@H]5c4ccc(OCC=C(C)C)c(OC)c4)cc3OC)[C@H]2O)cc1OC. The van der Waals surface area contributed by atoms with Crippen molar-refractivity contribution >= 4 is 5.78 Å². The van der Waals surface area contributed by atoms with Crippen molar-refractivity contribution in [3.63, 3.8) is 0 Å². The number of aliphatic hydroxyl groups is 1. The first-order valence-electron chi connectivity index (χ1n) is 20.4. The van der Waals surface area contributed by atoms with E-state index in [1.165, 1.54) is 11.6 Å². The van der Waals surface area contributed by atoms with Crippen molar-refractivity contribution in [1.29, 1.82) is 0 Å². The first-order valence-corrected chi connectivity index (χ1v) is 20.4. The number of hydrogen-bond donors (Lipinski definition) is 1. The fourth-order valence-corrected chi connectivity index (χ4v) is 9.77. The fourth-order valence-electron chi connectivity index (χ4n) is 9.77. The first kappa shape index (κ1) is 40.6. The number of benzene rings is 3. The van der Waals surface area contributed by atoms with Crippen LogP contribution < -0.4 is 28.4 Å². The van der Waals surface area contributed by atoms with Crippen molar-refractivity contribution in [2.24, 2.45) is 29.6 Å². The number of ketones is 1. The van der Waals surface area contributed by atoms with E-state index in [2.05, 4.69) is 0 Å². The summed E-state index contributed by atoms with van der Waals surface area (Å²) in [5.74, 6) is 0.0657. The topological polar surface area (TPSA) is 148 Å². The van der Waals surface area contributed by atoms with Gasteiger partial charge in [0.2, 0.25) is 0 Å². The maximum Gasteiger partial charge on any atom is 0.299 e. The molecule has 0 saturated carbocycles. The van der Waals surface area contributed by atoms with Crippen LogP contribution in [-0.2, 0) is 33.2 Å². The van der Waals surface area contributed by atoms with Gasteiger partial charge in [-0.1, -0.05) is 23.8 Å². The van der Waals surface area contributed by atoms with Crippen LogP contribution in [0.4, 0.5) is 0 Å². The third kappa shape index (κ3) is 6.96. The summed E-state index contributed by atoms with van der Waals surface area (Å²) < 4.78 is 72.5. The van der Waals surface area contributed by atoms with Gasteiger partial charge in [-0.2, -0.15) is 0 Å². The molecular weight excluding hydrogens is 776 g/mol. The lowest BCUT2D eigenvalue weighted by atomic mass is 9.75. The van der Waals surface area contributed by atoms with Crippen LogP contribution in [0.2, 0.25) is 0 Å². The Balaban J connectivity index is 0.911. The summed E-state index contributed by atoms with van der Waals surface area (Å²) in [5.41, 5.74) is 3.98. The second-order valence-corrected chi connectivity index (χ2v) is 16.3. The van der Waals surface area contributed by atoms with E-state index >= 15 is 0 Å². The van der Waals surface area contributed by atoms with Crippen LogP contribution in [-0.4, -0.2) is 97.2 Å². The predicted molar refractivity (Wildman–Crippen MR) is 213 cm³/mol. The molecule has 0 amide bonds. The minimum Gasteiger partial charge on any atom is -0.493 e. The Morgan fingerprint density at radius 1 is 0.683 bits per heavy atom. The quantitative estimate of drug-likeness (QED) is 0.199. The standard InChI is InChI=1S/C46H52O14/c1-24(2)13-14-53-34-11-8-26(16-37(34)51-5)41-28-19-55-42(29(28)20-54-41)27-9-12-35(38(17-27)52-6)60-46-39(58-23-59-46)18-32(47)40(45(46)48)44-31-22-56-43(30(31)21-57-44)25-7-10-33(49-3)36(15-25)50-4/h7-13,15-18,28-31,40-45,48H,14,19-23H2,1-6H3/t28-,29-,30-,31-,40+,41+,42-,43+,44-,45+,46?/m1/s1. The molecule has 5 saturated heterocycles. The summed E-state index contributed by atoms with van der Waals surface area (Å²) in [7, 11) is 6.36. The maximum absolute atomic E-state index is 13.8. The lowest BCUT2D eigenvalue weighted by Crippen LogP contribution is -2.59. The Kier molecular flexibility index (Phi) is 11.2. The number of fused-ring (bicyclic) bond motifs is 3. The average molecular weight is 829 g/mol. The number of hydrogen-bond acceptors (Lipinski definition) is 14. The first-order chi connectivity index (χ1) is 29.2. The third-order valence-corrected chi connectivity index (χ3v) is 12.9. The Hall–Kier alpha value is -4.83. The van der Waals surface area contributed by atoms with Crippen LogP contribution in [0.25, 0.3) is 0 Å². The van der Waals surface area contributed by atoms with E-state index in [9.17, 15) is 9.90 Å². The van der Waals surface area contributed by atoms with Gasteiger partial charge in [0, 0.05) is 29.7 Å². The van der Waals surface area contributed by atoms with Crippen LogP contribution in [0.15, 0.2) is 78.1 Å². The van der Waals surface area contributed by atoms with E-state index in [1.54, 1.807) is 34.5 Å². The van der Waals surface area contributed by atoms with E-state index in [1.807, 2.05) is 68.5 Å². The van der Waals surface area contributed by atoms with Gasteiger partial charge >= 0.3 is 0 Å². The van der Waals surface area contributed by atoms with E-state index in [0.717, 1.165) is 16.7 Å². The van der Waals surface area contributed by atoms with Crippen LogP contribution in [0.5, 0.6) is 34.5 Å². The molecule has 0 spiro atoms. The van der Waals surface area contributed by atoms with Crippen molar-refractivity contribution in [3.05, 3.63) is 94.8 Å². The summed E-state index contributed by atoms with van der Waals surface area (Å²) in [6, 6.07) is 17.2. The zero-order valence-corrected chi connectivity index (χ0v) is 34.6. The minimum absolute atomic E-state index is 0.0673. The number of ether oxygens (including phenoxy) is 12. The van der Waals surface area contributed by atoms with Gasteiger partial charge in [0.25, 0.3) is 5.79 Å². The molecule has 3 aromatic rings. The second-order valence-electron chi connectivity index (χ2n) is 16.3. The van der Waals surface area contributed by atoms with Crippen molar-refractivity contribution in [2.75, 3.05) is 68.3 Å². The highest BCUT2D eigenvalue weighted by molar-refractivity contribution is 5.95. The van der Waals surface area contributed by atoms with Crippen LogP contribution in [0.1, 0.15) is 48.8 Å². The van der Waals surface area contributed by atoms with E-state index < -0.39 is 23.9 Å². The number of rotatable bonds is 13. The molecule has 9 rings (SSSR count). The molecule has 1 unspecified atom stereocenters. The van der Waals surface area contributed by atoms with Gasteiger partial charge in [0.1, 0.15) is 12.7 Å². The van der Waals surface area contributed by atoms with Gasteiger partial charge in [-0.25, -0.2) is 0 Å². The molecular formula is C46H52O14. The Labute approximate surface area is 349 Å². The maximum atomic E-state index is 13.8.